The SMILES string of the molecule is O=C(Nc1ccc(N2CCN(C(=O)C(F)(F)F)CC2)cc1)c1cc2ccccc2o1. The number of anilines is 2. The van der Waals surface area contributed by atoms with Crippen LogP contribution in [0.3, 0.4) is 0 Å². The third kappa shape index (κ3) is 4.10. The second kappa shape index (κ2) is 7.74. The van der Waals surface area contributed by atoms with Crippen molar-refractivity contribution in [2.45, 2.75) is 6.18 Å². The number of alkyl halides is 3. The lowest BCUT2D eigenvalue weighted by molar-refractivity contribution is -0.185. The summed E-state index contributed by atoms with van der Waals surface area (Å²) < 4.78 is 43.2. The maximum Gasteiger partial charge on any atom is 0.471 e. The quantitative estimate of drug-likeness (QED) is 0.702. The van der Waals surface area contributed by atoms with Gasteiger partial charge >= 0.3 is 12.1 Å². The molecule has 1 N–H and O–H groups in total. The second-order valence-electron chi connectivity index (χ2n) is 6.93. The molecule has 156 valence electrons. The van der Waals surface area contributed by atoms with Gasteiger partial charge in [-0.3, -0.25) is 9.59 Å². The smallest absolute Gasteiger partial charge is 0.451 e. The van der Waals surface area contributed by atoms with Gasteiger partial charge in [0, 0.05) is 42.9 Å². The molecule has 1 aromatic heterocycles. The number of carbonyl (C=O) groups excluding carboxylic acids is 2. The van der Waals surface area contributed by atoms with E-state index < -0.39 is 12.1 Å². The Morgan fingerprint density at radius 1 is 0.933 bits per heavy atom. The number of fused-ring (bicyclic) bond motifs is 1. The first-order chi connectivity index (χ1) is 14.3. The van der Waals surface area contributed by atoms with Crippen LogP contribution in [0.4, 0.5) is 24.5 Å². The van der Waals surface area contributed by atoms with Crippen molar-refractivity contribution in [1.82, 2.24) is 4.90 Å². The minimum atomic E-state index is -4.85. The van der Waals surface area contributed by atoms with Gasteiger partial charge in [0.15, 0.2) is 5.76 Å². The normalized spacial score (nSPS) is 14.8. The number of furan rings is 1. The zero-order chi connectivity index (χ0) is 21.3. The first kappa shape index (κ1) is 19.8. The molecular formula is C21H18F3N3O3. The van der Waals surface area contributed by atoms with E-state index in [2.05, 4.69) is 5.32 Å². The molecule has 2 amide bonds. The summed E-state index contributed by atoms with van der Waals surface area (Å²) in [7, 11) is 0. The van der Waals surface area contributed by atoms with Crippen LogP contribution in [-0.2, 0) is 4.79 Å². The molecule has 0 bridgehead atoms. The molecule has 2 aromatic carbocycles. The number of benzene rings is 2. The highest BCUT2D eigenvalue weighted by Gasteiger charge is 2.43. The van der Waals surface area contributed by atoms with Crippen molar-refractivity contribution < 1.29 is 27.2 Å². The van der Waals surface area contributed by atoms with Crippen molar-refractivity contribution in [3.8, 4) is 0 Å². The molecule has 30 heavy (non-hydrogen) atoms. The number of para-hydroxylation sites is 1. The van der Waals surface area contributed by atoms with Crippen molar-refractivity contribution in [1.29, 1.82) is 0 Å². The Labute approximate surface area is 169 Å². The highest BCUT2D eigenvalue weighted by molar-refractivity contribution is 6.04. The van der Waals surface area contributed by atoms with Crippen LogP contribution in [0.5, 0.6) is 0 Å². The van der Waals surface area contributed by atoms with Crippen molar-refractivity contribution in [2.24, 2.45) is 0 Å². The Morgan fingerprint density at radius 3 is 2.23 bits per heavy atom. The predicted molar refractivity (Wildman–Crippen MR) is 105 cm³/mol. The highest BCUT2D eigenvalue weighted by Crippen LogP contribution is 2.24. The summed E-state index contributed by atoms with van der Waals surface area (Å²) >= 11 is 0. The summed E-state index contributed by atoms with van der Waals surface area (Å²) in [6.45, 7) is 0.602. The van der Waals surface area contributed by atoms with Gasteiger partial charge in [-0.2, -0.15) is 13.2 Å². The van der Waals surface area contributed by atoms with Crippen LogP contribution in [0.15, 0.2) is 59.0 Å². The van der Waals surface area contributed by atoms with Crippen LogP contribution < -0.4 is 10.2 Å². The lowest BCUT2D eigenvalue weighted by Crippen LogP contribution is -2.52. The molecule has 0 radical (unpaired) electrons. The third-order valence-corrected chi connectivity index (χ3v) is 4.95. The van der Waals surface area contributed by atoms with Crippen LogP contribution in [-0.4, -0.2) is 49.1 Å². The van der Waals surface area contributed by atoms with Crippen LogP contribution in [0.2, 0.25) is 0 Å². The van der Waals surface area contributed by atoms with Gasteiger partial charge in [0.2, 0.25) is 0 Å². The van der Waals surface area contributed by atoms with E-state index in [0.717, 1.165) is 16.0 Å². The number of nitrogens with zero attached hydrogens (tertiary/aromatic N) is 2. The van der Waals surface area contributed by atoms with Gasteiger partial charge in [0.05, 0.1) is 0 Å². The van der Waals surface area contributed by atoms with Gasteiger partial charge in [-0.25, -0.2) is 0 Å². The molecule has 6 nitrogen and oxygen atoms in total. The van der Waals surface area contributed by atoms with Gasteiger partial charge in [-0.1, -0.05) is 18.2 Å². The van der Waals surface area contributed by atoms with E-state index in [4.69, 9.17) is 4.42 Å². The molecule has 3 aromatic rings. The Balaban J connectivity index is 1.36. The van der Waals surface area contributed by atoms with Gasteiger partial charge in [-0.15, -0.1) is 0 Å². The first-order valence-electron chi connectivity index (χ1n) is 9.32. The summed E-state index contributed by atoms with van der Waals surface area (Å²) in [4.78, 5) is 26.4. The average molecular weight is 417 g/mol. The van der Waals surface area contributed by atoms with Gasteiger partial charge < -0.3 is 19.5 Å². The lowest BCUT2D eigenvalue weighted by atomic mass is 10.2. The predicted octanol–water partition coefficient (Wildman–Crippen LogP) is 3.90. The molecule has 1 saturated heterocycles. The molecule has 1 fully saturated rings. The number of carbonyl (C=O) groups is 2. The minimum Gasteiger partial charge on any atom is -0.451 e. The molecule has 0 saturated carbocycles. The zero-order valence-corrected chi connectivity index (χ0v) is 15.8. The number of hydrogen-bond acceptors (Lipinski definition) is 4. The molecule has 0 aliphatic carbocycles. The largest absolute Gasteiger partial charge is 0.471 e. The van der Waals surface area contributed by atoms with E-state index in [1.54, 1.807) is 36.4 Å². The molecule has 0 spiro atoms. The fourth-order valence-electron chi connectivity index (χ4n) is 3.39. The number of nitrogens with one attached hydrogen (secondary N) is 1. The van der Waals surface area contributed by atoms with Crippen LogP contribution >= 0.6 is 0 Å². The van der Waals surface area contributed by atoms with Crippen molar-refractivity contribution in [2.75, 3.05) is 36.4 Å². The van der Waals surface area contributed by atoms with Gasteiger partial charge in [0.1, 0.15) is 5.58 Å². The van der Waals surface area contributed by atoms with E-state index >= 15 is 0 Å². The molecule has 1 aliphatic rings. The fraction of sp³-hybridized carbons (Fsp3) is 0.238. The Morgan fingerprint density at radius 2 is 1.60 bits per heavy atom. The van der Waals surface area contributed by atoms with E-state index in [1.165, 1.54) is 0 Å². The zero-order valence-electron chi connectivity index (χ0n) is 15.8. The maximum absolute atomic E-state index is 12.5. The highest BCUT2D eigenvalue weighted by atomic mass is 19.4. The van der Waals surface area contributed by atoms with E-state index in [1.807, 2.05) is 23.1 Å². The fourth-order valence-corrected chi connectivity index (χ4v) is 3.39. The number of amides is 2. The monoisotopic (exact) mass is 417 g/mol. The molecule has 9 heteroatoms. The number of hydrogen-bond donors (Lipinski definition) is 1. The second-order valence-corrected chi connectivity index (χ2v) is 6.93. The van der Waals surface area contributed by atoms with Crippen molar-refractivity contribution in [3.63, 3.8) is 0 Å². The number of halogens is 3. The molecule has 2 heterocycles. The number of piperazine rings is 1. The summed E-state index contributed by atoms with van der Waals surface area (Å²) in [6, 6.07) is 16.0. The van der Waals surface area contributed by atoms with E-state index in [9.17, 15) is 22.8 Å². The van der Waals surface area contributed by atoms with Crippen molar-refractivity contribution in [3.05, 3.63) is 60.4 Å². The molecule has 4 rings (SSSR count). The van der Waals surface area contributed by atoms with Gasteiger partial charge in [0.25, 0.3) is 5.91 Å². The molecule has 0 atom stereocenters. The van der Waals surface area contributed by atoms with Crippen LogP contribution in [0.25, 0.3) is 11.0 Å². The summed E-state index contributed by atoms with van der Waals surface area (Å²) in [6.07, 6.45) is -4.85. The number of rotatable bonds is 3. The van der Waals surface area contributed by atoms with Crippen molar-refractivity contribution >= 4 is 34.2 Å². The maximum atomic E-state index is 12.5. The average Bonchev–Trinajstić information content (AvgIpc) is 3.18. The van der Waals surface area contributed by atoms with E-state index in [-0.39, 0.29) is 24.8 Å². The van der Waals surface area contributed by atoms with Crippen LogP contribution in [0, 0.1) is 0 Å². The Hall–Kier alpha value is -3.49. The topological polar surface area (TPSA) is 65.8 Å². The molecular weight excluding hydrogens is 399 g/mol. The molecule has 0 unspecified atom stereocenters. The van der Waals surface area contributed by atoms with E-state index in [0.29, 0.717) is 24.4 Å². The van der Waals surface area contributed by atoms with Gasteiger partial charge in [-0.05, 0) is 36.4 Å². The Bertz CT molecular complexity index is 1040. The standard InChI is InChI=1S/C21H18F3N3O3/c22-21(23,24)20(29)27-11-9-26(10-12-27)16-7-5-15(6-8-16)25-19(28)18-13-14-3-1-2-4-17(14)30-18/h1-8,13H,9-12H2,(H,25,28). The lowest BCUT2D eigenvalue weighted by Gasteiger charge is -2.36. The Kier molecular flexibility index (Phi) is 5.11. The summed E-state index contributed by atoms with van der Waals surface area (Å²) in [5.41, 5.74) is 1.99. The molecule has 1 aliphatic heterocycles. The third-order valence-electron chi connectivity index (χ3n) is 4.95. The van der Waals surface area contributed by atoms with Crippen LogP contribution in [0.1, 0.15) is 10.6 Å². The summed E-state index contributed by atoms with van der Waals surface area (Å²) in [5, 5.41) is 3.59. The first-order valence-corrected chi connectivity index (χ1v) is 9.32. The summed E-state index contributed by atoms with van der Waals surface area (Å²) in [5.74, 6) is -1.98. The minimum absolute atomic E-state index is 0.00286.